The van der Waals surface area contributed by atoms with E-state index in [9.17, 15) is 0 Å². The fourth-order valence-electron chi connectivity index (χ4n) is 5.43. The quantitative estimate of drug-likeness (QED) is 0.368. The van der Waals surface area contributed by atoms with Gasteiger partial charge in [-0.05, 0) is 82.6 Å². The molecule has 2 aliphatic rings. The molecule has 2 aliphatic carbocycles. The molecule has 1 aromatic heterocycles. The molecule has 0 radical (unpaired) electrons. The zero-order chi connectivity index (χ0) is 19.8. The molecule has 2 heteroatoms. The molecule has 1 atom stereocenters. The Hall–Kier alpha value is -1.64. The first-order valence-electron chi connectivity index (χ1n) is 9.99. The van der Waals surface area contributed by atoms with Crippen LogP contribution < -0.4 is 0 Å². The van der Waals surface area contributed by atoms with E-state index in [-0.39, 0.29) is 5.41 Å². The molecule has 0 N–H and O–H groups in total. The molecule has 2 aromatic carbocycles. The lowest BCUT2D eigenvalue weighted by molar-refractivity contribution is 0.448. The van der Waals surface area contributed by atoms with E-state index in [2.05, 4.69) is 93.0 Å². The van der Waals surface area contributed by atoms with Crippen molar-refractivity contribution < 1.29 is 0 Å². The van der Waals surface area contributed by atoms with Gasteiger partial charge in [0.25, 0.3) is 0 Å². The topological polar surface area (TPSA) is 0 Å². The highest BCUT2D eigenvalue weighted by molar-refractivity contribution is 9.10. The van der Waals surface area contributed by atoms with E-state index in [1.807, 2.05) is 11.3 Å². The summed E-state index contributed by atoms with van der Waals surface area (Å²) >= 11 is 5.92. The molecule has 5 rings (SSSR count). The Morgan fingerprint density at radius 2 is 1.86 bits per heavy atom. The number of allylic oxidation sites excluding steroid dienone is 3. The summed E-state index contributed by atoms with van der Waals surface area (Å²) < 4.78 is 2.72. The van der Waals surface area contributed by atoms with Crippen molar-refractivity contribution >= 4 is 49.0 Å². The lowest BCUT2D eigenvalue weighted by Crippen LogP contribution is -2.22. The van der Waals surface area contributed by atoms with Gasteiger partial charge in [0.2, 0.25) is 0 Å². The molecule has 0 amide bonds. The lowest BCUT2D eigenvalue weighted by atomic mass is 9.68. The number of halogens is 1. The van der Waals surface area contributed by atoms with Gasteiger partial charge in [-0.15, -0.1) is 11.3 Å². The van der Waals surface area contributed by atoms with Gasteiger partial charge in [0.1, 0.15) is 0 Å². The second-order valence-corrected chi connectivity index (χ2v) is 10.9. The van der Waals surface area contributed by atoms with Gasteiger partial charge >= 0.3 is 0 Å². The van der Waals surface area contributed by atoms with Gasteiger partial charge in [0.15, 0.2) is 0 Å². The zero-order valence-electron chi connectivity index (χ0n) is 17.1. The van der Waals surface area contributed by atoms with Gasteiger partial charge in [-0.25, -0.2) is 0 Å². The maximum absolute atomic E-state index is 3.99. The van der Waals surface area contributed by atoms with E-state index in [0.29, 0.717) is 5.92 Å². The summed E-state index contributed by atoms with van der Waals surface area (Å²) in [6, 6.07) is 11.3. The molecule has 0 saturated carbocycles. The molecule has 0 nitrogen and oxygen atoms in total. The van der Waals surface area contributed by atoms with Crippen molar-refractivity contribution in [3.8, 4) is 0 Å². The molecule has 1 unspecified atom stereocenters. The van der Waals surface area contributed by atoms with Crippen LogP contribution in [0.4, 0.5) is 0 Å². The van der Waals surface area contributed by atoms with Crippen LogP contribution in [0.15, 0.2) is 46.5 Å². The van der Waals surface area contributed by atoms with Crippen molar-refractivity contribution in [2.75, 3.05) is 0 Å². The fraction of sp³-hybridized carbons (Fsp3) is 0.308. The maximum Gasteiger partial charge on any atom is 0.0365 e. The standard InChI is InChI=1S/C26H25BrS/c1-14-12-20-19(13-22-23(25(20)27)15(2)16(3)28-22)24(14)26(4,5)21-11-10-17-8-6-7-9-18(17)21/h6-11,13,21H,12H2,1-5H3. The average Bonchev–Trinajstić information content (AvgIpc) is 3.30. The summed E-state index contributed by atoms with van der Waals surface area (Å²) in [6.07, 6.45) is 5.77. The fourth-order valence-corrected chi connectivity index (χ4v) is 7.54. The van der Waals surface area contributed by atoms with Crippen molar-refractivity contribution in [1.29, 1.82) is 0 Å². The molecule has 0 saturated heterocycles. The average molecular weight is 449 g/mol. The molecule has 0 fully saturated rings. The summed E-state index contributed by atoms with van der Waals surface area (Å²) in [6.45, 7) is 11.7. The summed E-state index contributed by atoms with van der Waals surface area (Å²) in [5.41, 5.74) is 10.3. The van der Waals surface area contributed by atoms with E-state index >= 15 is 0 Å². The van der Waals surface area contributed by atoms with Crippen LogP contribution in [0.1, 0.15) is 59.4 Å². The minimum absolute atomic E-state index is 0.0485. The summed E-state index contributed by atoms with van der Waals surface area (Å²) in [5.74, 6) is 0.417. The Labute approximate surface area is 180 Å². The van der Waals surface area contributed by atoms with Crippen LogP contribution >= 0.6 is 27.3 Å². The Kier molecular flexibility index (Phi) is 4.06. The molecule has 0 spiro atoms. The molecule has 3 aromatic rings. The second kappa shape index (κ2) is 6.18. The first-order valence-corrected chi connectivity index (χ1v) is 11.6. The predicted molar refractivity (Wildman–Crippen MR) is 127 cm³/mol. The van der Waals surface area contributed by atoms with Crippen LogP contribution in [0.3, 0.4) is 0 Å². The Morgan fingerprint density at radius 1 is 1.11 bits per heavy atom. The molecule has 0 aliphatic heterocycles. The van der Waals surface area contributed by atoms with Crippen LogP contribution in [-0.4, -0.2) is 0 Å². The van der Waals surface area contributed by atoms with Crippen molar-refractivity contribution in [3.63, 3.8) is 0 Å². The van der Waals surface area contributed by atoms with E-state index in [1.165, 1.54) is 52.8 Å². The van der Waals surface area contributed by atoms with Gasteiger partial charge in [-0.1, -0.05) is 55.8 Å². The molecule has 0 bridgehead atoms. The maximum atomic E-state index is 3.99. The SMILES string of the molecule is CC1=C(C(C)(C)C2C=Cc3ccccc32)c2cc3sc(C)c(C)c3c(Br)c2C1. The van der Waals surface area contributed by atoms with Crippen LogP contribution in [0.5, 0.6) is 0 Å². The van der Waals surface area contributed by atoms with Crippen LogP contribution in [-0.2, 0) is 6.42 Å². The monoisotopic (exact) mass is 448 g/mol. The molecule has 1 heterocycles. The Balaban J connectivity index is 1.70. The van der Waals surface area contributed by atoms with Crippen molar-refractivity contribution in [1.82, 2.24) is 0 Å². The van der Waals surface area contributed by atoms with Gasteiger partial charge in [-0.3, -0.25) is 0 Å². The summed E-state index contributed by atoms with van der Waals surface area (Å²) in [5, 5.41) is 1.42. The van der Waals surface area contributed by atoms with Crippen LogP contribution in [0, 0.1) is 19.3 Å². The lowest BCUT2D eigenvalue weighted by Gasteiger charge is -2.35. The number of hydrogen-bond donors (Lipinski definition) is 0. The first-order chi connectivity index (χ1) is 13.3. The molecule has 28 heavy (non-hydrogen) atoms. The summed E-state index contributed by atoms with van der Waals surface area (Å²) in [4.78, 5) is 1.42. The Bertz CT molecular complexity index is 1200. The van der Waals surface area contributed by atoms with Crippen molar-refractivity contribution in [2.45, 2.75) is 47.0 Å². The minimum atomic E-state index is 0.0485. The third-order valence-electron chi connectivity index (χ3n) is 6.86. The smallest absolute Gasteiger partial charge is 0.0365 e. The number of hydrogen-bond acceptors (Lipinski definition) is 1. The van der Waals surface area contributed by atoms with Gasteiger partial charge in [-0.2, -0.15) is 0 Å². The normalized spacial score (nSPS) is 18.3. The summed E-state index contributed by atoms with van der Waals surface area (Å²) in [7, 11) is 0. The third-order valence-corrected chi connectivity index (χ3v) is 8.89. The van der Waals surface area contributed by atoms with Crippen LogP contribution in [0.2, 0.25) is 0 Å². The van der Waals surface area contributed by atoms with Gasteiger partial charge in [0.05, 0.1) is 0 Å². The van der Waals surface area contributed by atoms with Crippen molar-refractivity contribution in [2.24, 2.45) is 5.41 Å². The number of benzene rings is 2. The van der Waals surface area contributed by atoms with Crippen LogP contribution in [0.25, 0.3) is 21.7 Å². The number of aryl methyl sites for hydroxylation is 2. The molecular formula is C26H25BrS. The third kappa shape index (κ3) is 2.40. The van der Waals surface area contributed by atoms with E-state index in [0.717, 1.165) is 6.42 Å². The number of thiophene rings is 1. The first kappa shape index (κ1) is 18.4. The van der Waals surface area contributed by atoms with E-state index in [1.54, 1.807) is 5.57 Å². The highest BCUT2D eigenvalue weighted by Gasteiger charge is 2.40. The largest absolute Gasteiger partial charge is 0.140 e. The van der Waals surface area contributed by atoms with E-state index < -0.39 is 0 Å². The molecular weight excluding hydrogens is 424 g/mol. The van der Waals surface area contributed by atoms with Crippen molar-refractivity contribution in [3.05, 3.63) is 79.1 Å². The predicted octanol–water partition coefficient (Wildman–Crippen LogP) is 8.45. The highest BCUT2D eigenvalue weighted by atomic mass is 79.9. The van der Waals surface area contributed by atoms with Gasteiger partial charge in [0, 0.05) is 30.8 Å². The minimum Gasteiger partial charge on any atom is -0.140 e. The van der Waals surface area contributed by atoms with Gasteiger partial charge < -0.3 is 0 Å². The number of rotatable bonds is 2. The zero-order valence-corrected chi connectivity index (χ0v) is 19.5. The number of fused-ring (bicyclic) bond motifs is 3. The second-order valence-electron chi connectivity index (χ2n) is 8.89. The highest BCUT2D eigenvalue weighted by Crippen LogP contribution is 2.56. The Morgan fingerprint density at radius 3 is 2.64 bits per heavy atom. The van der Waals surface area contributed by atoms with E-state index in [4.69, 9.17) is 0 Å². The molecule has 142 valence electrons.